The van der Waals surface area contributed by atoms with Gasteiger partial charge in [-0.15, -0.1) is 0 Å². The summed E-state index contributed by atoms with van der Waals surface area (Å²) >= 11 is 0. The number of phenolic OH excluding ortho intramolecular Hbond substituents is 2. The van der Waals surface area contributed by atoms with E-state index in [0.29, 0.717) is 25.7 Å². The summed E-state index contributed by atoms with van der Waals surface area (Å²) in [5, 5.41) is 47.4. The molecule has 0 aliphatic heterocycles. The minimum Gasteiger partial charge on any atom is -0.508 e. The van der Waals surface area contributed by atoms with Gasteiger partial charge in [0.25, 0.3) is 11.6 Å². The maximum atomic E-state index is 12.6. The number of benzene rings is 2. The molecule has 3 aromatic rings. The van der Waals surface area contributed by atoms with Crippen molar-refractivity contribution in [2.24, 2.45) is 0 Å². The van der Waals surface area contributed by atoms with Crippen LogP contribution in [0.4, 0.5) is 5.69 Å². The zero-order valence-corrected chi connectivity index (χ0v) is 17.3. The predicted molar refractivity (Wildman–Crippen MR) is 114 cm³/mol. The van der Waals surface area contributed by atoms with E-state index in [2.05, 4.69) is 10.5 Å². The van der Waals surface area contributed by atoms with Crippen LogP contribution in [0.1, 0.15) is 36.2 Å². The fourth-order valence-electron chi connectivity index (χ4n) is 3.66. The summed E-state index contributed by atoms with van der Waals surface area (Å²) in [5.41, 5.74) is -0.0944. The Morgan fingerprint density at radius 1 is 1.12 bits per heavy atom. The van der Waals surface area contributed by atoms with Crippen molar-refractivity contribution in [1.82, 2.24) is 10.5 Å². The number of aliphatic hydroxyl groups is 1. The van der Waals surface area contributed by atoms with Gasteiger partial charge in [-0.25, -0.2) is 0 Å². The van der Waals surface area contributed by atoms with Gasteiger partial charge in [-0.3, -0.25) is 14.9 Å². The number of nitro benzene ring substituents is 1. The second-order valence-corrected chi connectivity index (χ2v) is 7.75. The summed E-state index contributed by atoms with van der Waals surface area (Å²) < 4.78 is 11.0. The lowest BCUT2D eigenvalue weighted by Gasteiger charge is -2.25. The highest BCUT2D eigenvalue weighted by atomic mass is 16.6. The molecule has 0 bridgehead atoms. The molecule has 11 heteroatoms. The van der Waals surface area contributed by atoms with Gasteiger partial charge in [-0.05, 0) is 37.8 Å². The highest BCUT2D eigenvalue weighted by molar-refractivity contribution is 5.93. The topological polar surface area (TPSA) is 168 Å². The number of nitrogens with one attached hydrogen (secondary N) is 1. The van der Waals surface area contributed by atoms with Crippen molar-refractivity contribution in [3.05, 3.63) is 58.3 Å². The number of non-ortho nitro benzene ring substituents is 1. The van der Waals surface area contributed by atoms with E-state index in [1.54, 1.807) is 0 Å². The first kappa shape index (κ1) is 22.1. The van der Waals surface area contributed by atoms with Gasteiger partial charge in [0.1, 0.15) is 28.6 Å². The van der Waals surface area contributed by atoms with Crippen molar-refractivity contribution in [1.29, 1.82) is 0 Å². The van der Waals surface area contributed by atoms with E-state index < -0.39 is 10.8 Å². The van der Waals surface area contributed by atoms with Crippen LogP contribution < -0.4 is 10.1 Å². The van der Waals surface area contributed by atoms with Gasteiger partial charge in [0.05, 0.1) is 11.0 Å². The number of aromatic hydroxyl groups is 2. The van der Waals surface area contributed by atoms with Crippen molar-refractivity contribution in [2.75, 3.05) is 0 Å². The molecule has 1 fully saturated rings. The highest BCUT2D eigenvalue weighted by Crippen LogP contribution is 2.43. The number of hydrogen-bond donors (Lipinski definition) is 4. The van der Waals surface area contributed by atoms with E-state index in [-0.39, 0.29) is 57.8 Å². The summed E-state index contributed by atoms with van der Waals surface area (Å²) in [6, 6.07) is 8.79. The quantitative estimate of drug-likeness (QED) is 0.321. The van der Waals surface area contributed by atoms with Crippen LogP contribution in [0.5, 0.6) is 23.0 Å². The molecule has 1 saturated carbocycles. The molecule has 11 nitrogen and oxygen atoms in total. The largest absolute Gasteiger partial charge is 0.508 e. The van der Waals surface area contributed by atoms with Gasteiger partial charge in [0.15, 0.2) is 11.5 Å². The van der Waals surface area contributed by atoms with E-state index in [0.717, 1.165) is 6.07 Å². The molecule has 172 valence electrons. The van der Waals surface area contributed by atoms with Crippen LogP contribution in [-0.4, -0.2) is 43.5 Å². The van der Waals surface area contributed by atoms with Gasteiger partial charge in [-0.1, -0.05) is 5.16 Å². The van der Waals surface area contributed by atoms with Crippen molar-refractivity contribution in [2.45, 2.75) is 37.8 Å². The first-order valence-corrected chi connectivity index (χ1v) is 10.2. The molecule has 0 atom stereocenters. The van der Waals surface area contributed by atoms with Gasteiger partial charge in [0, 0.05) is 36.4 Å². The fraction of sp³-hybridized carbons (Fsp3) is 0.273. The summed E-state index contributed by atoms with van der Waals surface area (Å²) in [6.45, 7) is 0. The average Bonchev–Trinajstić information content (AvgIpc) is 3.25. The second-order valence-electron chi connectivity index (χ2n) is 7.75. The number of nitrogens with zero attached hydrogens (tertiary/aromatic N) is 2. The standard InChI is InChI=1S/C22H21N3O8/c26-14-5-1-12(2-6-14)23-22(29)17-11-20(33-24-17)21-18(28)9-15(27)10-19(21)32-16-7-3-13(4-8-16)25(30)31/h3-4,7-12,14,26-28H,1-2,5-6H2,(H,23,29)/t12-,14-. The SMILES string of the molecule is O=C(N[C@H]1CC[C@H](O)CC1)c1cc(-c2c(O)cc(O)cc2Oc2ccc([N+](=O)[O-])cc2)on1. The number of nitro groups is 1. The molecule has 1 aromatic heterocycles. The number of ether oxygens (including phenoxy) is 1. The molecular formula is C22H21N3O8. The molecule has 4 rings (SSSR count). The van der Waals surface area contributed by atoms with Crippen LogP contribution in [-0.2, 0) is 0 Å². The van der Waals surface area contributed by atoms with E-state index in [1.165, 1.54) is 36.4 Å². The van der Waals surface area contributed by atoms with Gasteiger partial charge in [-0.2, -0.15) is 0 Å². The maximum absolute atomic E-state index is 12.6. The lowest BCUT2D eigenvalue weighted by molar-refractivity contribution is -0.384. The Morgan fingerprint density at radius 3 is 2.48 bits per heavy atom. The number of carbonyl (C=O) groups excluding carboxylic acids is 1. The Hall–Kier alpha value is -4.12. The average molecular weight is 455 g/mol. The highest BCUT2D eigenvalue weighted by Gasteiger charge is 2.25. The zero-order valence-electron chi connectivity index (χ0n) is 17.3. The molecule has 1 amide bonds. The number of amides is 1. The van der Waals surface area contributed by atoms with E-state index in [1.807, 2.05) is 0 Å². The Labute approximate surface area is 187 Å². The normalized spacial score (nSPS) is 18.0. The maximum Gasteiger partial charge on any atom is 0.273 e. The van der Waals surface area contributed by atoms with Crippen LogP contribution in [0.2, 0.25) is 0 Å². The van der Waals surface area contributed by atoms with Crippen molar-refractivity contribution in [3.8, 4) is 34.3 Å². The molecule has 2 aromatic carbocycles. The van der Waals surface area contributed by atoms with Crippen LogP contribution in [0.25, 0.3) is 11.3 Å². The van der Waals surface area contributed by atoms with Crippen LogP contribution in [0.3, 0.4) is 0 Å². The third-order valence-corrected chi connectivity index (χ3v) is 5.36. The number of carbonyl (C=O) groups is 1. The van der Waals surface area contributed by atoms with E-state index >= 15 is 0 Å². The zero-order chi connectivity index (χ0) is 23.5. The minimum atomic E-state index is -0.550. The summed E-state index contributed by atoms with van der Waals surface area (Å²) in [5.74, 6) is -0.896. The van der Waals surface area contributed by atoms with E-state index in [4.69, 9.17) is 9.26 Å². The molecule has 0 saturated heterocycles. The smallest absolute Gasteiger partial charge is 0.273 e. The molecule has 33 heavy (non-hydrogen) atoms. The molecule has 0 unspecified atom stereocenters. The van der Waals surface area contributed by atoms with Crippen LogP contribution >= 0.6 is 0 Å². The molecule has 0 spiro atoms. The molecular weight excluding hydrogens is 434 g/mol. The molecule has 1 aliphatic carbocycles. The van der Waals surface area contributed by atoms with Crippen LogP contribution in [0, 0.1) is 10.1 Å². The fourth-order valence-corrected chi connectivity index (χ4v) is 3.66. The third-order valence-electron chi connectivity index (χ3n) is 5.36. The first-order valence-electron chi connectivity index (χ1n) is 10.2. The number of aliphatic hydroxyl groups excluding tert-OH is 1. The third kappa shape index (κ3) is 5.04. The van der Waals surface area contributed by atoms with Gasteiger partial charge in [0.2, 0.25) is 0 Å². The van der Waals surface area contributed by atoms with Crippen molar-refractivity contribution in [3.63, 3.8) is 0 Å². The number of rotatable bonds is 6. The predicted octanol–water partition coefficient (Wildman–Crippen LogP) is 3.49. The molecule has 0 radical (unpaired) electrons. The Morgan fingerprint density at radius 2 is 1.82 bits per heavy atom. The minimum absolute atomic E-state index is 0.00858. The molecule has 4 N–H and O–H groups in total. The van der Waals surface area contributed by atoms with Crippen molar-refractivity contribution >= 4 is 11.6 Å². The lowest BCUT2D eigenvalue weighted by Crippen LogP contribution is -2.38. The van der Waals surface area contributed by atoms with E-state index in [9.17, 15) is 30.2 Å². The second kappa shape index (κ2) is 9.17. The van der Waals surface area contributed by atoms with Crippen LogP contribution in [0.15, 0.2) is 47.0 Å². The van der Waals surface area contributed by atoms with Crippen molar-refractivity contribution < 1.29 is 34.3 Å². The Kier molecular flexibility index (Phi) is 6.13. The van der Waals surface area contributed by atoms with Gasteiger partial charge >= 0.3 is 0 Å². The lowest BCUT2D eigenvalue weighted by atomic mass is 9.93. The first-order chi connectivity index (χ1) is 15.8. The number of aromatic nitrogens is 1. The monoisotopic (exact) mass is 455 g/mol. The molecule has 1 aliphatic rings. The van der Waals surface area contributed by atoms with Gasteiger partial charge < -0.3 is 29.9 Å². The molecule has 1 heterocycles. The summed E-state index contributed by atoms with van der Waals surface area (Å²) in [7, 11) is 0. The summed E-state index contributed by atoms with van der Waals surface area (Å²) in [4.78, 5) is 22.8. The Balaban J connectivity index is 1.57. The summed E-state index contributed by atoms with van der Waals surface area (Å²) in [6.07, 6.45) is 2.19. The Bertz CT molecular complexity index is 1170. The number of phenols is 2. The number of hydrogen-bond acceptors (Lipinski definition) is 9.